The first-order valence-corrected chi connectivity index (χ1v) is 6.45. The molecule has 5 nitrogen and oxygen atoms in total. The summed E-state index contributed by atoms with van der Waals surface area (Å²) in [6.07, 6.45) is 1.72. The van der Waals surface area contributed by atoms with Gasteiger partial charge in [-0.1, -0.05) is 0 Å². The first kappa shape index (κ1) is 13.4. The third-order valence-electron chi connectivity index (χ3n) is 1.73. The van der Waals surface area contributed by atoms with Gasteiger partial charge in [-0.2, -0.15) is 0 Å². The Balaban J connectivity index is 4.01. The van der Waals surface area contributed by atoms with E-state index in [1.807, 2.05) is 6.92 Å². The van der Waals surface area contributed by atoms with Gasteiger partial charge in [-0.25, -0.2) is 8.42 Å². The Morgan fingerprint density at radius 2 is 2.00 bits per heavy atom. The number of nitrogens with two attached hydrogens (primary N) is 1. The Bertz CT molecular complexity index is 285. The Labute approximate surface area is 85.2 Å². The highest BCUT2D eigenvalue weighted by Crippen LogP contribution is 1.94. The fourth-order valence-corrected chi connectivity index (χ4v) is 1.53. The molecular formula is C8H18N2O3S. The Kier molecular flexibility index (Phi) is 5.07. The van der Waals surface area contributed by atoms with Crippen molar-refractivity contribution in [3.8, 4) is 0 Å². The molecule has 1 unspecified atom stereocenters. The van der Waals surface area contributed by atoms with Gasteiger partial charge in [0.1, 0.15) is 5.75 Å². The van der Waals surface area contributed by atoms with E-state index in [2.05, 4.69) is 0 Å². The maximum Gasteiger partial charge on any atom is 0.237 e. The average molecular weight is 222 g/mol. The van der Waals surface area contributed by atoms with Gasteiger partial charge in [0.2, 0.25) is 5.91 Å². The standard InChI is InChI=1S/C8H18N2O3S/c1-7(9)4-5-10(2)8(11)6-14(3,12)13/h7H,4-6,9H2,1-3H3. The number of carbonyl (C=O) groups is 1. The molecule has 0 aliphatic heterocycles. The van der Waals surface area contributed by atoms with Crippen LogP contribution >= 0.6 is 0 Å². The second kappa shape index (κ2) is 5.31. The lowest BCUT2D eigenvalue weighted by Crippen LogP contribution is -2.35. The SMILES string of the molecule is CC(N)CCN(C)C(=O)CS(C)(=O)=O. The van der Waals surface area contributed by atoms with Crippen LogP contribution in [0.25, 0.3) is 0 Å². The van der Waals surface area contributed by atoms with Gasteiger partial charge < -0.3 is 10.6 Å². The second-order valence-corrected chi connectivity index (χ2v) is 5.79. The van der Waals surface area contributed by atoms with Crippen molar-refractivity contribution in [2.75, 3.05) is 25.6 Å². The summed E-state index contributed by atoms with van der Waals surface area (Å²) in [6.45, 7) is 2.33. The summed E-state index contributed by atoms with van der Waals surface area (Å²) < 4.78 is 21.6. The minimum atomic E-state index is -3.23. The van der Waals surface area contributed by atoms with Crippen LogP contribution in [-0.4, -0.2) is 50.9 Å². The van der Waals surface area contributed by atoms with E-state index in [-0.39, 0.29) is 11.9 Å². The predicted octanol–water partition coefficient (Wildman–Crippen LogP) is -0.773. The maximum atomic E-state index is 11.3. The van der Waals surface area contributed by atoms with E-state index in [0.29, 0.717) is 13.0 Å². The molecule has 0 rings (SSSR count). The minimum absolute atomic E-state index is 0.0171. The van der Waals surface area contributed by atoms with E-state index >= 15 is 0 Å². The van der Waals surface area contributed by atoms with Gasteiger partial charge in [0, 0.05) is 25.9 Å². The molecule has 2 N–H and O–H groups in total. The molecule has 0 aliphatic rings. The van der Waals surface area contributed by atoms with Gasteiger partial charge >= 0.3 is 0 Å². The van der Waals surface area contributed by atoms with E-state index in [1.54, 1.807) is 7.05 Å². The number of rotatable bonds is 5. The van der Waals surface area contributed by atoms with Gasteiger partial charge in [-0.05, 0) is 13.3 Å². The highest BCUT2D eigenvalue weighted by atomic mass is 32.2. The number of sulfone groups is 1. The van der Waals surface area contributed by atoms with E-state index in [9.17, 15) is 13.2 Å². The molecule has 0 aromatic rings. The van der Waals surface area contributed by atoms with Crippen molar-refractivity contribution < 1.29 is 13.2 Å². The summed E-state index contributed by atoms with van der Waals surface area (Å²) in [6, 6.07) is 0.0171. The molecule has 0 saturated carbocycles. The molecule has 0 fully saturated rings. The fourth-order valence-electron chi connectivity index (χ4n) is 0.856. The van der Waals surface area contributed by atoms with Gasteiger partial charge in [0.05, 0.1) is 0 Å². The van der Waals surface area contributed by atoms with Crippen molar-refractivity contribution in [2.24, 2.45) is 5.73 Å². The lowest BCUT2D eigenvalue weighted by Gasteiger charge is -2.17. The number of amides is 1. The third-order valence-corrected chi connectivity index (χ3v) is 2.50. The van der Waals surface area contributed by atoms with Crippen molar-refractivity contribution in [1.82, 2.24) is 4.90 Å². The molecule has 0 spiro atoms. The van der Waals surface area contributed by atoms with Gasteiger partial charge in [-0.3, -0.25) is 4.79 Å². The lowest BCUT2D eigenvalue weighted by molar-refractivity contribution is -0.127. The molecule has 0 aliphatic carbocycles. The van der Waals surface area contributed by atoms with E-state index < -0.39 is 15.6 Å². The van der Waals surface area contributed by atoms with Crippen LogP contribution in [-0.2, 0) is 14.6 Å². The zero-order valence-corrected chi connectivity index (χ0v) is 9.67. The van der Waals surface area contributed by atoms with Crippen LogP contribution in [0, 0.1) is 0 Å². The quantitative estimate of drug-likeness (QED) is 0.662. The molecule has 0 aromatic heterocycles. The summed E-state index contributed by atoms with van der Waals surface area (Å²) >= 11 is 0. The highest BCUT2D eigenvalue weighted by Gasteiger charge is 2.15. The van der Waals surface area contributed by atoms with Crippen LogP contribution in [0.2, 0.25) is 0 Å². The zero-order valence-electron chi connectivity index (χ0n) is 8.86. The van der Waals surface area contributed by atoms with Gasteiger partial charge in [0.25, 0.3) is 0 Å². The molecule has 0 aromatic carbocycles. The first-order valence-electron chi connectivity index (χ1n) is 4.39. The molecule has 0 saturated heterocycles. The molecule has 1 atom stereocenters. The normalized spacial score (nSPS) is 13.7. The Hall–Kier alpha value is -0.620. The molecule has 0 heterocycles. The predicted molar refractivity (Wildman–Crippen MR) is 55.6 cm³/mol. The van der Waals surface area contributed by atoms with Crippen molar-refractivity contribution >= 4 is 15.7 Å². The fraction of sp³-hybridized carbons (Fsp3) is 0.875. The first-order chi connectivity index (χ1) is 6.22. The summed E-state index contributed by atoms with van der Waals surface area (Å²) in [7, 11) is -1.65. The van der Waals surface area contributed by atoms with Crippen molar-refractivity contribution in [1.29, 1.82) is 0 Å². The van der Waals surface area contributed by atoms with Crippen LogP contribution in [0.5, 0.6) is 0 Å². The number of hydrogen-bond acceptors (Lipinski definition) is 4. The molecule has 6 heteroatoms. The maximum absolute atomic E-state index is 11.3. The number of carbonyl (C=O) groups excluding carboxylic acids is 1. The largest absolute Gasteiger partial charge is 0.345 e. The molecule has 0 radical (unpaired) electrons. The number of nitrogens with zero attached hydrogens (tertiary/aromatic N) is 1. The van der Waals surface area contributed by atoms with Gasteiger partial charge in [0.15, 0.2) is 9.84 Å². The summed E-state index contributed by atoms with van der Waals surface area (Å²) in [5.41, 5.74) is 5.51. The highest BCUT2D eigenvalue weighted by molar-refractivity contribution is 7.91. The average Bonchev–Trinajstić information content (AvgIpc) is 1.96. The van der Waals surface area contributed by atoms with Crippen molar-refractivity contribution in [3.63, 3.8) is 0 Å². The summed E-state index contributed by atoms with van der Waals surface area (Å²) in [4.78, 5) is 12.7. The Morgan fingerprint density at radius 3 is 2.36 bits per heavy atom. The second-order valence-electron chi connectivity index (χ2n) is 3.65. The van der Waals surface area contributed by atoms with Crippen LogP contribution in [0.3, 0.4) is 0 Å². The summed E-state index contributed by atoms with van der Waals surface area (Å²) in [5, 5.41) is 0. The molecule has 84 valence electrons. The van der Waals surface area contributed by atoms with Crippen LogP contribution < -0.4 is 5.73 Å². The molecule has 14 heavy (non-hydrogen) atoms. The van der Waals surface area contributed by atoms with Crippen molar-refractivity contribution in [2.45, 2.75) is 19.4 Å². The molecule has 1 amide bonds. The van der Waals surface area contributed by atoms with Crippen molar-refractivity contribution in [3.05, 3.63) is 0 Å². The van der Waals surface area contributed by atoms with E-state index in [4.69, 9.17) is 5.73 Å². The topological polar surface area (TPSA) is 80.5 Å². The number of hydrogen-bond donors (Lipinski definition) is 1. The monoisotopic (exact) mass is 222 g/mol. The van der Waals surface area contributed by atoms with Crippen LogP contribution in [0.15, 0.2) is 0 Å². The van der Waals surface area contributed by atoms with Crippen LogP contribution in [0.1, 0.15) is 13.3 Å². The smallest absolute Gasteiger partial charge is 0.237 e. The lowest BCUT2D eigenvalue weighted by atomic mass is 10.2. The van der Waals surface area contributed by atoms with Gasteiger partial charge in [-0.15, -0.1) is 0 Å². The molecule has 0 bridgehead atoms. The van der Waals surface area contributed by atoms with E-state index in [1.165, 1.54) is 4.90 Å². The van der Waals surface area contributed by atoms with E-state index in [0.717, 1.165) is 6.26 Å². The molecular weight excluding hydrogens is 204 g/mol. The minimum Gasteiger partial charge on any atom is -0.345 e. The Morgan fingerprint density at radius 1 is 1.50 bits per heavy atom. The summed E-state index contributed by atoms with van der Waals surface area (Å²) in [5.74, 6) is -0.809. The zero-order chi connectivity index (χ0) is 11.4. The third kappa shape index (κ3) is 6.85. The van der Waals surface area contributed by atoms with Crippen LogP contribution in [0.4, 0.5) is 0 Å².